The quantitative estimate of drug-likeness (QED) is 0.353. The summed E-state index contributed by atoms with van der Waals surface area (Å²) in [5.41, 5.74) is 1.89. The van der Waals surface area contributed by atoms with Crippen LogP contribution in [0.4, 0.5) is 8.78 Å². The fraction of sp³-hybridized carbons (Fsp3) is 0.348. The summed E-state index contributed by atoms with van der Waals surface area (Å²) in [5.74, 6) is 6.57. The monoisotopic (exact) mass is 488 g/mol. The van der Waals surface area contributed by atoms with Crippen LogP contribution in [0.5, 0.6) is 5.75 Å². The molecule has 1 aromatic heterocycles. The molecule has 4 rings (SSSR count). The van der Waals surface area contributed by atoms with Gasteiger partial charge < -0.3 is 15.9 Å². The van der Waals surface area contributed by atoms with Crippen molar-refractivity contribution in [2.45, 2.75) is 37.2 Å². The molecule has 3 N–H and O–H groups in total. The van der Waals surface area contributed by atoms with Crippen LogP contribution >= 0.6 is 11.8 Å². The van der Waals surface area contributed by atoms with E-state index in [0.29, 0.717) is 16.5 Å². The van der Waals surface area contributed by atoms with Crippen LogP contribution in [0.25, 0.3) is 11.4 Å². The van der Waals surface area contributed by atoms with Crippen molar-refractivity contribution in [3.63, 3.8) is 0 Å². The van der Waals surface area contributed by atoms with Gasteiger partial charge in [0, 0.05) is 31.2 Å². The van der Waals surface area contributed by atoms with E-state index in [0.717, 1.165) is 32.5 Å². The number of nitrogens with two attached hydrogens (primary N) is 1. The van der Waals surface area contributed by atoms with Crippen LogP contribution in [0.3, 0.4) is 0 Å². The molecule has 1 saturated heterocycles. The van der Waals surface area contributed by atoms with Gasteiger partial charge in [-0.25, -0.2) is 4.68 Å². The molecule has 34 heavy (non-hydrogen) atoms. The number of carbonyl (C=O) groups is 1. The molecule has 1 fully saturated rings. The highest BCUT2D eigenvalue weighted by molar-refractivity contribution is 7.99. The van der Waals surface area contributed by atoms with Gasteiger partial charge in [-0.15, -0.1) is 10.2 Å². The first-order valence-electron chi connectivity index (χ1n) is 10.9. The lowest BCUT2D eigenvalue weighted by atomic mass is 10.0. The molecule has 11 heteroatoms. The molecule has 0 spiro atoms. The molecule has 180 valence electrons. The number of rotatable bonds is 9. The van der Waals surface area contributed by atoms with Crippen molar-refractivity contribution < 1.29 is 18.3 Å². The molecule has 0 radical (unpaired) electrons. The second kappa shape index (κ2) is 11.3. The Morgan fingerprint density at radius 3 is 2.50 bits per heavy atom. The normalized spacial score (nSPS) is 14.9. The third-order valence-electron chi connectivity index (χ3n) is 5.54. The number of hydrogen-bond acceptors (Lipinski definition) is 7. The third kappa shape index (κ3) is 6.45. The Morgan fingerprint density at radius 1 is 1.12 bits per heavy atom. The number of nitrogen functional groups attached to an aromatic ring is 1. The molecule has 2 heterocycles. The summed E-state index contributed by atoms with van der Waals surface area (Å²) < 4.78 is 30.2. The predicted molar refractivity (Wildman–Crippen MR) is 126 cm³/mol. The molecular weight excluding hydrogens is 462 g/mol. The summed E-state index contributed by atoms with van der Waals surface area (Å²) in [5, 5.41) is 11.6. The highest BCUT2D eigenvalue weighted by Gasteiger charge is 2.21. The number of thioether (sulfide) groups is 1. The van der Waals surface area contributed by atoms with E-state index in [4.69, 9.17) is 5.84 Å². The number of benzene rings is 2. The van der Waals surface area contributed by atoms with E-state index in [-0.39, 0.29) is 23.5 Å². The van der Waals surface area contributed by atoms with Gasteiger partial charge in [0.25, 0.3) is 0 Å². The molecule has 1 aliphatic rings. The Kier molecular flexibility index (Phi) is 7.96. The highest BCUT2D eigenvalue weighted by atomic mass is 32.2. The number of nitrogens with zero attached hydrogens (tertiary/aromatic N) is 4. The van der Waals surface area contributed by atoms with Crippen LogP contribution < -0.4 is 15.9 Å². The van der Waals surface area contributed by atoms with E-state index in [1.807, 2.05) is 18.2 Å². The number of ether oxygens (including phenoxy) is 1. The molecule has 2 aromatic carbocycles. The molecule has 8 nitrogen and oxygen atoms in total. The molecular formula is C23H26F2N6O2S. The maximum Gasteiger partial charge on any atom is 0.387 e. The number of carbonyl (C=O) groups excluding carboxylic acids is 1. The van der Waals surface area contributed by atoms with Gasteiger partial charge in [0.2, 0.25) is 11.1 Å². The Bertz CT molecular complexity index is 1070. The number of piperidine rings is 1. The second-order valence-corrected chi connectivity index (χ2v) is 8.91. The number of aromatic nitrogens is 3. The van der Waals surface area contributed by atoms with Crippen molar-refractivity contribution in [3.8, 4) is 17.1 Å². The maximum absolute atomic E-state index is 12.5. The summed E-state index contributed by atoms with van der Waals surface area (Å²) in [6.07, 6.45) is 1.82. The van der Waals surface area contributed by atoms with Gasteiger partial charge >= 0.3 is 6.61 Å². The summed E-state index contributed by atoms with van der Waals surface area (Å²) in [4.78, 5) is 14.9. The Balaban J connectivity index is 1.23. The molecule has 0 aliphatic carbocycles. The van der Waals surface area contributed by atoms with Crippen LogP contribution in [0, 0.1) is 0 Å². The summed E-state index contributed by atoms with van der Waals surface area (Å²) in [6.45, 7) is -0.0863. The zero-order valence-electron chi connectivity index (χ0n) is 18.4. The SMILES string of the molecule is Nn1c(SCC(=O)NC2CCN(Cc3ccccc3)CC2)nnc1-c1ccc(OC(F)F)cc1. The average Bonchev–Trinajstić information content (AvgIpc) is 3.20. The Hall–Kier alpha value is -3.18. The van der Waals surface area contributed by atoms with Crippen LogP contribution in [-0.2, 0) is 11.3 Å². The molecule has 0 unspecified atom stereocenters. The molecule has 1 amide bonds. The number of nitrogens with one attached hydrogen (secondary N) is 1. The highest BCUT2D eigenvalue weighted by Crippen LogP contribution is 2.24. The largest absolute Gasteiger partial charge is 0.435 e. The lowest BCUT2D eigenvalue weighted by molar-refractivity contribution is -0.119. The van der Waals surface area contributed by atoms with Crippen molar-refractivity contribution in [2.75, 3.05) is 24.7 Å². The number of amides is 1. The van der Waals surface area contributed by atoms with Gasteiger partial charge in [-0.2, -0.15) is 8.78 Å². The van der Waals surface area contributed by atoms with Gasteiger partial charge in [0.05, 0.1) is 5.75 Å². The van der Waals surface area contributed by atoms with Crippen LogP contribution in [-0.4, -0.2) is 57.2 Å². The summed E-state index contributed by atoms with van der Waals surface area (Å²) in [7, 11) is 0. The first-order chi connectivity index (χ1) is 16.5. The fourth-order valence-electron chi connectivity index (χ4n) is 3.83. The van der Waals surface area contributed by atoms with Crippen molar-refractivity contribution in [3.05, 3.63) is 60.2 Å². The minimum absolute atomic E-state index is 0.0407. The number of likely N-dealkylation sites (tertiary alicyclic amines) is 1. The minimum atomic E-state index is -2.89. The lowest BCUT2D eigenvalue weighted by Gasteiger charge is -2.32. The van der Waals surface area contributed by atoms with Crippen molar-refractivity contribution >= 4 is 17.7 Å². The van der Waals surface area contributed by atoms with Crippen molar-refractivity contribution in [1.29, 1.82) is 0 Å². The van der Waals surface area contributed by atoms with Crippen molar-refractivity contribution in [2.24, 2.45) is 0 Å². The number of halogens is 2. The lowest BCUT2D eigenvalue weighted by Crippen LogP contribution is -2.44. The van der Waals surface area contributed by atoms with E-state index < -0.39 is 6.61 Å². The molecule has 0 atom stereocenters. The van der Waals surface area contributed by atoms with Gasteiger partial charge in [0.15, 0.2) is 5.82 Å². The summed E-state index contributed by atoms with van der Waals surface area (Å²) in [6, 6.07) is 16.5. The zero-order chi connectivity index (χ0) is 23.9. The van der Waals surface area contributed by atoms with Gasteiger partial charge in [-0.05, 0) is 42.7 Å². The van der Waals surface area contributed by atoms with Gasteiger partial charge in [-0.1, -0.05) is 42.1 Å². The van der Waals surface area contributed by atoms with Crippen molar-refractivity contribution in [1.82, 2.24) is 25.1 Å². The molecule has 0 bridgehead atoms. The third-order valence-corrected chi connectivity index (χ3v) is 6.48. The Labute approximate surface area is 200 Å². The standard InChI is InChI=1S/C23H26F2N6O2S/c24-22(25)33-19-8-6-17(7-9-19)21-28-29-23(31(21)26)34-15-20(32)27-18-10-12-30(13-11-18)14-16-4-2-1-3-5-16/h1-9,18,22H,10-15,26H2,(H,27,32). The van der Waals surface area contributed by atoms with Gasteiger partial charge in [0.1, 0.15) is 5.75 Å². The minimum Gasteiger partial charge on any atom is -0.435 e. The van der Waals surface area contributed by atoms with Crippen LogP contribution in [0.2, 0.25) is 0 Å². The molecule has 0 saturated carbocycles. The first-order valence-corrected chi connectivity index (χ1v) is 11.9. The smallest absolute Gasteiger partial charge is 0.387 e. The zero-order valence-corrected chi connectivity index (χ0v) is 19.3. The van der Waals surface area contributed by atoms with E-state index in [2.05, 4.69) is 37.3 Å². The van der Waals surface area contributed by atoms with E-state index in [1.54, 1.807) is 12.1 Å². The van der Waals surface area contributed by atoms with E-state index >= 15 is 0 Å². The first kappa shape index (κ1) is 24.0. The average molecular weight is 489 g/mol. The number of hydrogen-bond donors (Lipinski definition) is 2. The predicted octanol–water partition coefficient (Wildman–Crippen LogP) is 3.13. The topological polar surface area (TPSA) is 98.3 Å². The van der Waals surface area contributed by atoms with Crippen LogP contribution in [0.15, 0.2) is 59.8 Å². The van der Waals surface area contributed by atoms with E-state index in [1.165, 1.54) is 34.1 Å². The molecule has 3 aromatic rings. The van der Waals surface area contributed by atoms with E-state index in [9.17, 15) is 13.6 Å². The fourth-order valence-corrected chi connectivity index (χ4v) is 4.50. The van der Waals surface area contributed by atoms with Gasteiger partial charge in [-0.3, -0.25) is 9.69 Å². The summed E-state index contributed by atoms with van der Waals surface area (Å²) >= 11 is 1.19. The van der Waals surface area contributed by atoms with Crippen LogP contribution in [0.1, 0.15) is 18.4 Å². The maximum atomic E-state index is 12.5. The second-order valence-electron chi connectivity index (χ2n) is 7.97. The Morgan fingerprint density at radius 2 is 1.82 bits per heavy atom. The number of alkyl halides is 2. The molecule has 1 aliphatic heterocycles.